The quantitative estimate of drug-likeness (QED) is 0.576. The molecule has 23 heavy (non-hydrogen) atoms. The SMILES string of the molecule is O=C(Nc1ccc([N+](=O)[O-])cc1Cl)NC(CO)c1ccccc1. The number of amides is 2. The molecule has 2 aromatic carbocycles. The van der Waals surface area contributed by atoms with Crippen LogP contribution in [0.4, 0.5) is 16.2 Å². The summed E-state index contributed by atoms with van der Waals surface area (Å²) in [6, 6.07) is 11.6. The van der Waals surface area contributed by atoms with Gasteiger partial charge in [0.05, 0.1) is 28.3 Å². The molecule has 2 rings (SSSR count). The molecule has 0 aliphatic heterocycles. The second kappa shape index (κ2) is 7.57. The number of carbonyl (C=O) groups is 1. The van der Waals surface area contributed by atoms with Gasteiger partial charge < -0.3 is 15.7 Å². The smallest absolute Gasteiger partial charge is 0.319 e. The normalized spacial score (nSPS) is 11.6. The van der Waals surface area contributed by atoms with Crippen LogP contribution in [0, 0.1) is 10.1 Å². The molecule has 120 valence electrons. The van der Waals surface area contributed by atoms with Crippen molar-refractivity contribution < 1.29 is 14.8 Å². The third kappa shape index (κ3) is 4.41. The zero-order chi connectivity index (χ0) is 16.8. The van der Waals surface area contributed by atoms with Gasteiger partial charge in [-0.3, -0.25) is 10.1 Å². The van der Waals surface area contributed by atoms with Crippen LogP contribution in [0.1, 0.15) is 11.6 Å². The molecular weight excluding hydrogens is 322 g/mol. The summed E-state index contributed by atoms with van der Waals surface area (Å²) in [5, 5.41) is 25.2. The lowest BCUT2D eigenvalue weighted by Gasteiger charge is -2.17. The monoisotopic (exact) mass is 335 g/mol. The maximum atomic E-state index is 12.0. The molecule has 1 atom stereocenters. The Hall–Kier alpha value is -2.64. The van der Waals surface area contributed by atoms with Crippen molar-refractivity contribution in [2.24, 2.45) is 0 Å². The zero-order valence-electron chi connectivity index (χ0n) is 11.9. The Bertz CT molecular complexity index is 709. The molecule has 0 aliphatic carbocycles. The number of aliphatic hydroxyl groups excluding tert-OH is 1. The van der Waals surface area contributed by atoms with Crippen LogP contribution < -0.4 is 10.6 Å². The predicted octanol–water partition coefficient (Wildman–Crippen LogP) is 3.10. The first kappa shape index (κ1) is 16.7. The molecule has 8 heteroatoms. The number of rotatable bonds is 5. The van der Waals surface area contributed by atoms with E-state index in [1.165, 1.54) is 12.1 Å². The average molecular weight is 336 g/mol. The van der Waals surface area contributed by atoms with Gasteiger partial charge in [-0.25, -0.2) is 4.79 Å². The van der Waals surface area contributed by atoms with E-state index in [0.29, 0.717) is 0 Å². The summed E-state index contributed by atoms with van der Waals surface area (Å²) in [5.41, 5.74) is 0.818. The molecule has 0 heterocycles. The molecule has 2 aromatic rings. The van der Waals surface area contributed by atoms with Crippen LogP contribution in [0.15, 0.2) is 48.5 Å². The molecule has 0 bridgehead atoms. The highest BCUT2D eigenvalue weighted by Crippen LogP contribution is 2.26. The Balaban J connectivity index is 2.06. The van der Waals surface area contributed by atoms with Crippen molar-refractivity contribution in [2.45, 2.75) is 6.04 Å². The Kier molecular flexibility index (Phi) is 5.51. The lowest BCUT2D eigenvalue weighted by atomic mass is 10.1. The van der Waals surface area contributed by atoms with Gasteiger partial charge in [-0.2, -0.15) is 0 Å². The van der Waals surface area contributed by atoms with E-state index in [2.05, 4.69) is 10.6 Å². The number of carbonyl (C=O) groups excluding carboxylic acids is 1. The van der Waals surface area contributed by atoms with Crippen LogP contribution >= 0.6 is 11.6 Å². The van der Waals surface area contributed by atoms with Gasteiger partial charge in [0.25, 0.3) is 5.69 Å². The van der Waals surface area contributed by atoms with Crippen LogP contribution in [0.3, 0.4) is 0 Å². The third-order valence-corrected chi connectivity index (χ3v) is 3.41. The first-order valence-corrected chi connectivity index (χ1v) is 7.06. The van der Waals surface area contributed by atoms with Crippen molar-refractivity contribution >= 4 is 29.0 Å². The summed E-state index contributed by atoms with van der Waals surface area (Å²) >= 11 is 5.91. The lowest BCUT2D eigenvalue weighted by Crippen LogP contribution is -2.34. The molecule has 2 amide bonds. The standard InChI is InChI=1S/C15H14ClN3O4/c16-12-8-11(19(22)23)6-7-13(12)17-15(21)18-14(9-20)10-4-2-1-3-5-10/h1-8,14,20H,9H2,(H2,17,18,21). The summed E-state index contributed by atoms with van der Waals surface area (Å²) in [5.74, 6) is 0. The summed E-state index contributed by atoms with van der Waals surface area (Å²) in [4.78, 5) is 22.1. The van der Waals surface area contributed by atoms with E-state index in [-0.39, 0.29) is 23.0 Å². The fraction of sp³-hybridized carbons (Fsp3) is 0.133. The number of nitrogens with one attached hydrogen (secondary N) is 2. The number of hydrogen-bond acceptors (Lipinski definition) is 4. The number of nitro benzene ring substituents is 1. The van der Waals surface area contributed by atoms with Crippen LogP contribution in [0.2, 0.25) is 5.02 Å². The van der Waals surface area contributed by atoms with Crippen LogP contribution in [0.25, 0.3) is 0 Å². The van der Waals surface area contributed by atoms with Crippen molar-refractivity contribution in [3.05, 3.63) is 69.2 Å². The molecule has 0 aliphatic rings. The maximum Gasteiger partial charge on any atom is 0.319 e. The van der Waals surface area contributed by atoms with E-state index >= 15 is 0 Å². The number of non-ortho nitro benzene ring substituents is 1. The van der Waals surface area contributed by atoms with E-state index in [4.69, 9.17) is 11.6 Å². The summed E-state index contributed by atoms with van der Waals surface area (Å²) in [6.07, 6.45) is 0. The molecule has 0 fully saturated rings. The van der Waals surface area contributed by atoms with E-state index in [1.54, 1.807) is 24.3 Å². The van der Waals surface area contributed by atoms with Gasteiger partial charge in [0.2, 0.25) is 0 Å². The predicted molar refractivity (Wildman–Crippen MR) is 86.5 cm³/mol. The molecule has 0 saturated carbocycles. The second-order valence-electron chi connectivity index (χ2n) is 4.67. The minimum absolute atomic E-state index is 0.0506. The first-order chi connectivity index (χ1) is 11.0. The number of hydrogen-bond donors (Lipinski definition) is 3. The van der Waals surface area contributed by atoms with Crippen molar-refractivity contribution in [3.8, 4) is 0 Å². The maximum absolute atomic E-state index is 12.0. The number of halogens is 1. The molecule has 0 saturated heterocycles. The van der Waals surface area contributed by atoms with Gasteiger partial charge in [-0.1, -0.05) is 41.9 Å². The van der Waals surface area contributed by atoms with Crippen molar-refractivity contribution in [3.63, 3.8) is 0 Å². The topological polar surface area (TPSA) is 104 Å². The van der Waals surface area contributed by atoms with Gasteiger partial charge in [0.1, 0.15) is 0 Å². The van der Waals surface area contributed by atoms with E-state index < -0.39 is 17.0 Å². The van der Waals surface area contributed by atoms with E-state index in [1.807, 2.05) is 6.07 Å². The highest BCUT2D eigenvalue weighted by atomic mass is 35.5. The molecule has 0 spiro atoms. The van der Waals surface area contributed by atoms with E-state index in [0.717, 1.165) is 11.6 Å². The number of benzene rings is 2. The minimum Gasteiger partial charge on any atom is -0.394 e. The minimum atomic E-state index is -0.580. The fourth-order valence-electron chi connectivity index (χ4n) is 1.96. The summed E-state index contributed by atoms with van der Waals surface area (Å²) in [7, 11) is 0. The number of aliphatic hydroxyl groups is 1. The molecule has 1 unspecified atom stereocenters. The number of nitrogens with zero attached hydrogens (tertiary/aromatic N) is 1. The Morgan fingerprint density at radius 1 is 1.26 bits per heavy atom. The number of urea groups is 1. The number of nitro groups is 1. The zero-order valence-corrected chi connectivity index (χ0v) is 12.7. The molecule has 7 nitrogen and oxygen atoms in total. The average Bonchev–Trinajstić information content (AvgIpc) is 2.55. The number of anilines is 1. The van der Waals surface area contributed by atoms with Crippen LogP contribution in [-0.4, -0.2) is 22.7 Å². The van der Waals surface area contributed by atoms with Crippen molar-refractivity contribution in [1.29, 1.82) is 0 Å². The summed E-state index contributed by atoms with van der Waals surface area (Å²) in [6.45, 7) is -0.272. The Morgan fingerprint density at radius 3 is 2.52 bits per heavy atom. The Labute approximate surface area is 137 Å². The molecular formula is C15H14ClN3O4. The van der Waals surface area contributed by atoms with E-state index in [9.17, 15) is 20.0 Å². The van der Waals surface area contributed by atoms with Gasteiger partial charge >= 0.3 is 6.03 Å². The van der Waals surface area contributed by atoms with Crippen molar-refractivity contribution in [1.82, 2.24) is 5.32 Å². The highest BCUT2D eigenvalue weighted by Gasteiger charge is 2.15. The first-order valence-electron chi connectivity index (χ1n) is 6.68. The Morgan fingerprint density at radius 2 is 1.96 bits per heavy atom. The van der Waals surface area contributed by atoms with Crippen molar-refractivity contribution in [2.75, 3.05) is 11.9 Å². The molecule has 0 aromatic heterocycles. The third-order valence-electron chi connectivity index (χ3n) is 3.10. The fourth-order valence-corrected chi connectivity index (χ4v) is 2.18. The second-order valence-corrected chi connectivity index (χ2v) is 5.07. The van der Waals surface area contributed by atoms with Gasteiger partial charge in [0, 0.05) is 12.1 Å². The van der Waals surface area contributed by atoms with Crippen LogP contribution in [-0.2, 0) is 0 Å². The molecule has 0 radical (unpaired) electrons. The van der Waals surface area contributed by atoms with Gasteiger partial charge in [-0.15, -0.1) is 0 Å². The lowest BCUT2D eigenvalue weighted by molar-refractivity contribution is -0.384. The summed E-state index contributed by atoms with van der Waals surface area (Å²) < 4.78 is 0. The highest BCUT2D eigenvalue weighted by molar-refractivity contribution is 6.33. The van der Waals surface area contributed by atoms with Gasteiger partial charge in [0.15, 0.2) is 0 Å². The van der Waals surface area contributed by atoms with Crippen LogP contribution in [0.5, 0.6) is 0 Å². The largest absolute Gasteiger partial charge is 0.394 e. The van der Waals surface area contributed by atoms with Gasteiger partial charge in [-0.05, 0) is 11.6 Å². The molecule has 3 N–H and O–H groups in total.